The van der Waals surface area contributed by atoms with Crippen molar-refractivity contribution < 1.29 is 0 Å². The summed E-state index contributed by atoms with van der Waals surface area (Å²) in [6, 6.07) is 4.34. The molecule has 0 bridgehead atoms. The molecule has 2 unspecified atom stereocenters. The van der Waals surface area contributed by atoms with Gasteiger partial charge in [-0.25, -0.2) is 0 Å². The summed E-state index contributed by atoms with van der Waals surface area (Å²) < 4.78 is 0.236. The molecule has 14 heavy (non-hydrogen) atoms. The van der Waals surface area contributed by atoms with Crippen LogP contribution in [0.25, 0.3) is 0 Å². The SMILES string of the molecule is CC1(C(NN)c2ccc[nH]2)CCCS1. The standard InChI is InChI=1S/C10H17N3S/c1-10(5-3-7-14-10)9(13-11)8-4-2-6-12-8/h2,4,6,9,12-13H,3,5,7,11H2,1H3. The first-order valence-corrected chi connectivity index (χ1v) is 5.98. The van der Waals surface area contributed by atoms with Crippen LogP contribution in [0.2, 0.25) is 0 Å². The third-order valence-corrected chi connectivity index (χ3v) is 4.55. The number of hydrogen-bond donors (Lipinski definition) is 3. The molecule has 2 rings (SSSR count). The van der Waals surface area contributed by atoms with E-state index in [0.29, 0.717) is 0 Å². The van der Waals surface area contributed by atoms with Gasteiger partial charge in [0.1, 0.15) is 0 Å². The third-order valence-electron chi connectivity index (χ3n) is 2.96. The smallest absolute Gasteiger partial charge is 0.0753 e. The van der Waals surface area contributed by atoms with E-state index in [0.717, 1.165) is 0 Å². The van der Waals surface area contributed by atoms with Crippen LogP contribution < -0.4 is 11.3 Å². The van der Waals surface area contributed by atoms with E-state index >= 15 is 0 Å². The number of nitrogens with one attached hydrogen (secondary N) is 2. The van der Waals surface area contributed by atoms with Gasteiger partial charge in [0.25, 0.3) is 0 Å². The Morgan fingerprint density at radius 3 is 3.07 bits per heavy atom. The Hall–Kier alpha value is -0.450. The van der Waals surface area contributed by atoms with Crippen LogP contribution in [-0.4, -0.2) is 15.5 Å². The van der Waals surface area contributed by atoms with Crippen LogP contribution in [0, 0.1) is 0 Å². The van der Waals surface area contributed by atoms with Gasteiger partial charge in [0.15, 0.2) is 0 Å². The first-order valence-electron chi connectivity index (χ1n) is 5.00. The number of aromatic amines is 1. The summed E-state index contributed by atoms with van der Waals surface area (Å²) in [5.41, 5.74) is 4.12. The van der Waals surface area contributed by atoms with Crippen molar-refractivity contribution in [2.75, 3.05) is 5.75 Å². The lowest BCUT2D eigenvalue weighted by molar-refractivity contribution is 0.414. The van der Waals surface area contributed by atoms with Gasteiger partial charge in [-0.1, -0.05) is 0 Å². The number of aromatic nitrogens is 1. The van der Waals surface area contributed by atoms with Crippen LogP contribution in [0.5, 0.6) is 0 Å². The molecule has 0 aromatic carbocycles. The van der Waals surface area contributed by atoms with Gasteiger partial charge >= 0.3 is 0 Å². The van der Waals surface area contributed by atoms with Crippen molar-refractivity contribution >= 4 is 11.8 Å². The maximum Gasteiger partial charge on any atom is 0.0753 e. The van der Waals surface area contributed by atoms with Crippen molar-refractivity contribution in [1.82, 2.24) is 10.4 Å². The average Bonchev–Trinajstić information content (AvgIpc) is 2.78. The molecule has 78 valence electrons. The molecule has 1 aliphatic rings. The van der Waals surface area contributed by atoms with E-state index in [9.17, 15) is 0 Å². The zero-order valence-corrected chi connectivity index (χ0v) is 9.23. The predicted molar refractivity (Wildman–Crippen MR) is 61.0 cm³/mol. The summed E-state index contributed by atoms with van der Waals surface area (Å²) in [7, 11) is 0. The van der Waals surface area contributed by atoms with E-state index in [-0.39, 0.29) is 10.8 Å². The zero-order chi connectivity index (χ0) is 10.0. The van der Waals surface area contributed by atoms with Gasteiger partial charge in [-0.05, 0) is 37.7 Å². The molecular formula is C10H17N3S. The maximum atomic E-state index is 5.65. The Bertz CT molecular complexity index is 278. The number of hydrogen-bond acceptors (Lipinski definition) is 3. The molecule has 0 radical (unpaired) electrons. The molecule has 1 saturated heterocycles. The number of H-pyrrole nitrogens is 1. The largest absolute Gasteiger partial charge is 0.364 e. The summed E-state index contributed by atoms with van der Waals surface area (Å²) >= 11 is 2.01. The van der Waals surface area contributed by atoms with E-state index in [1.807, 2.05) is 24.0 Å². The fraction of sp³-hybridized carbons (Fsp3) is 0.600. The van der Waals surface area contributed by atoms with Crippen molar-refractivity contribution in [3.63, 3.8) is 0 Å². The molecule has 1 aromatic rings. The van der Waals surface area contributed by atoms with E-state index in [1.54, 1.807) is 0 Å². The van der Waals surface area contributed by atoms with E-state index in [1.165, 1.54) is 24.3 Å². The molecule has 0 saturated carbocycles. The van der Waals surface area contributed by atoms with Crippen molar-refractivity contribution in [2.24, 2.45) is 5.84 Å². The highest BCUT2D eigenvalue weighted by Crippen LogP contribution is 2.45. The van der Waals surface area contributed by atoms with Crippen LogP contribution >= 0.6 is 11.8 Å². The Labute approximate surface area is 88.8 Å². The van der Waals surface area contributed by atoms with Gasteiger partial charge in [0.05, 0.1) is 6.04 Å². The molecule has 1 aliphatic heterocycles. The van der Waals surface area contributed by atoms with Crippen molar-refractivity contribution in [3.8, 4) is 0 Å². The van der Waals surface area contributed by atoms with Gasteiger partial charge in [-0.15, -0.1) is 0 Å². The van der Waals surface area contributed by atoms with Gasteiger partial charge in [-0.3, -0.25) is 11.3 Å². The molecule has 2 heterocycles. The lowest BCUT2D eigenvalue weighted by Crippen LogP contribution is -2.41. The topological polar surface area (TPSA) is 53.8 Å². The number of rotatable bonds is 3. The highest BCUT2D eigenvalue weighted by Gasteiger charge is 2.38. The molecule has 0 amide bonds. The Balaban J connectivity index is 2.20. The minimum absolute atomic E-state index is 0.227. The lowest BCUT2D eigenvalue weighted by Gasteiger charge is -2.32. The summed E-state index contributed by atoms with van der Waals surface area (Å²) in [6.45, 7) is 2.29. The summed E-state index contributed by atoms with van der Waals surface area (Å²) in [5, 5.41) is 0. The van der Waals surface area contributed by atoms with E-state index in [2.05, 4.69) is 23.4 Å². The van der Waals surface area contributed by atoms with E-state index < -0.39 is 0 Å². The van der Waals surface area contributed by atoms with Crippen LogP contribution in [0.15, 0.2) is 18.3 Å². The van der Waals surface area contributed by atoms with Crippen LogP contribution in [0.3, 0.4) is 0 Å². The highest BCUT2D eigenvalue weighted by atomic mass is 32.2. The fourth-order valence-electron chi connectivity index (χ4n) is 2.15. The number of nitrogens with two attached hydrogens (primary N) is 1. The molecule has 2 atom stereocenters. The second-order valence-electron chi connectivity index (χ2n) is 3.99. The first kappa shape index (κ1) is 10.1. The van der Waals surface area contributed by atoms with Gasteiger partial charge in [0.2, 0.25) is 0 Å². The number of hydrazine groups is 1. The predicted octanol–water partition coefficient (Wildman–Crippen LogP) is 1.80. The van der Waals surface area contributed by atoms with E-state index in [4.69, 9.17) is 5.84 Å². The normalized spacial score (nSPS) is 29.3. The van der Waals surface area contributed by atoms with Crippen LogP contribution in [0.4, 0.5) is 0 Å². The highest BCUT2D eigenvalue weighted by molar-refractivity contribution is 8.00. The second-order valence-corrected chi connectivity index (χ2v) is 5.62. The van der Waals surface area contributed by atoms with Crippen LogP contribution in [-0.2, 0) is 0 Å². The fourth-order valence-corrected chi connectivity index (χ4v) is 3.55. The first-order chi connectivity index (χ1) is 6.76. The van der Waals surface area contributed by atoms with Gasteiger partial charge in [0, 0.05) is 16.6 Å². The minimum Gasteiger partial charge on any atom is -0.364 e. The molecular weight excluding hydrogens is 194 g/mol. The summed E-state index contributed by atoms with van der Waals surface area (Å²) in [6.07, 6.45) is 4.47. The second kappa shape index (κ2) is 3.96. The Morgan fingerprint density at radius 2 is 2.57 bits per heavy atom. The molecule has 4 heteroatoms. The zero-order valence-electron chi connectivity index (χ0n) is 8.42. The minimum atomic E-state index is 0.227. The van der Waals surface area contributed by atoms with Crippen molar-refractivity contribution in [2.45, 2.75) is 30.6 Å². The maximum absolute atomic E-state index is 5.65. The third kappa shape index (κ3) is 1.69. The quantitative estimate of drug-likeness (QED) is 0.528. The molecule has 1 aromatic heterocycles. The molecule has 0 aliphatic carbocycles. The monoisotopic (exact) mass is 211 g/mol. The van der Waals surface area contributed by atoms with Gasteiger partial charge < -0.3 is 4.98 Å². The molecule has 0 spiro atoms. The van der Waals surface area contributed by atoms with Crippen LogP contribution in [0.1, 0.15) is 31.5 Å². The lowest BCUT2D eigenvalue weighted by atomic mass is 9.94. The van der Waals surface area contributed by atoms with Crippen molar-refractivity contribution in [3.05, 3.63) is 24.0 Å². The molecule has 4 N–H and O–H groups in total. The Morgan fingerprint density at radius 1 is 1.71 bits per heavy atom. The van der Waals surface area contributed by atoms with Gasteiger partial charge in [-0.2, -0.15) is 11.8 Å². The summed E-state index contributed by atoms with van der Waals surface area (Å²) in [4.78, 5) is 3.23. The number of thioether (sulfide) groups is 1. The summed E-state index contributed by atoms with van der Waals surface area (Å²) in [5.74, 6) is 6.89. The Kier molecular flexibility index (Phi) is 2.85. The molecule has 3 nitrogen and oxygen atoms in total. The molecule has 1 fully saturated rings. The average molecular weight is 211 g/mol. The van der Waals surface area contributed by atoms with Crippen molar-refractivity contribution in [1.29, 1.82) is 0 Å².